The lowest BCUT2D eigenvalue weighted by Gasteiger charge is -2.07. The molecule has 0 spiro atoms. The maximum Gasteiger partial charge on any atom is 0.345 e. The molecule has 4 heteroatoms. The molecule has 1 aromatic heterocycles. The van der Waals surface area contributed by atoms with E-state index >= 15 is 0 Å². The highest BCUT2D eigenvalue weighted by atomic mass is 19.1. The van der Waals surface area contributed by atoms with Crippen LogP contribution >= 0.6 is 0 Å². The zero-order chi connectivity index (χ0) is 11.7. The van der Waals surface area contributed by atoms with Gasteiger partial charge in [-0.15, -0.1) is 0 Å². The maximum absolute atomic E-state index is 13.0. The van der Waals surface area contributed by atoms with Crippen LogP contribution in [0.25, 0.3) is 10.9 Å². The van der Waals surface area contributed by atoms with Crippen molar-refractivity contribution in [3.63, 3.8) is 0 Å². The number of nitrogens with one attached hydrogen (secondary N) is 1. The monoisotopic (exact) mass is 220 g/mol. The Morgan fingerprint density at radius 3 is 2.88 bits per heavy atom. The van der Waals surface area contributed by atoms with Gasteiger partial charge in [0, 0.05) is 17.1 Å². The average molecular weight is 220 g/mol. The van der Waals surface area contributed by atoms with E-state index in [1.54, 1.807) is 6.07 Å². The van der Waals surface area contributed by atoms with E-state index in [2.05, 4.69) is 23.8 Å². The Bertz CT molecular complexity index is 575. The first-order chi connectivity index (χ1) is 7.56. The second kappa shape index (κ2) is 4.04. The minimum absolute atomic E-state index is 0.374. The number of halogens is 1. The Kier molecular flexibility index (Phi) is 2.73. The molecule has 84 valence electrons. The molecule has 2 rings (SSSR count). The predicted octanol–water partition coefficient (Wildman–Crippen LogP) is 2.26. The Morgan fingerprint density at radius 1 is 1.44 bits per heavy atom. The number of H-pyrrole nitrogens is 1. The molecule has 0 atom stereocenters. The van der Waals surface area contributed by atoms with Gasteiger partial charge in [0.25, 0.3) is 0 Å². The van der Waals surface area contributed by atoms with Crippen molar-refractivity contribution in [3.05, 3.63) is 40.2 Å². The van der Waals surface area contributed by atoms with Crippen molar-refractivity contribution < 1.29 is 4.39 Å². The van der Waals surface area contributed by atoms with Crippen LogP contribution in [0.1, 0.15) is 19.5 Å². The van der Waals surface area contributed by atoms with Crippen molar-refractivity contribution in [1.82, 2.24) is 9.97 Å². The summed E-state index contributed by atoms with van der Waals surface area (Å²) in [5.74, 6) is 0.0485. The fraction of sp³-hybridized carbons (Fsp3) is 0.333. The fourth-order valence-electron chi connectivity index (χ4n) is 1.76. The summed E-state index contributed by atoms with van der Waals surface area (Å²) in [6.07, 6.45) is 0.750. The molecule has 0 fully saturated rings. The number of aromatic amines is 1. The molecule has 0 bridgehead atoms. The number of aromatic nitrogens is 2. The van der Waals surface area contributed by atoms with E-state index in [-0.39, 0.29) is 5.82 Å². The van der Waals surface area contributed by atoms with Gasteiger partial charge in [-0.05, 0) is 24.5 Å². The summed E-state index contributed by atoms with van der Waals surface area (Å²) in [7, 11) is 0. The highest BCUT2D eigenvalue weighted by Crippen LogP contribution is 2.17. The summed E-state index contributed by atoms with van der Waals surface area (Å²) in [4.78, 5) is 17.8. The molecule has 2 aromatic rings. The number of nitrogens with zero attached hydrogens (tertiary/aromatic N) is 1. The van der Waals surface area contributed by atoms with Crippen LogP contribution in [0.5, 0.6) is 0 Å². The number of fused-ring (bicyclic) bond motifs is 1. The van der Waals surface area contributed by atoms with Crippen LogP contribution in [0.4, 0.5) is 4.39 Å². The maximum atomic E-state index is 13.0. The quantitative estimate of drug-likeness (QED) is 0.843. The zero-order valence-electron chi connectivity index (χ0n) is 9.25. The number of hydrogen-bond acceptors (Lipinski definition) is 2. The topological polar surface area (TPSA) is 45.8 Å². The van der Waals surface area contributed by atoms with Crippen molar-refractivity contribution in [1.29, 1.82) is 0 Å². The van der Waals surface area contributed by atoms with Crippen molar-refractivity contribution in [2.45, 2.75) is 20.3 Å². The van der Waals surface area contributed by atoms with Gasteiger partial charge in [-0.25, -0.2) is 9.18 Å². The summed E-state index contributed by atoms with van der Waals surface area (Å²) in [5.41, 5.74) is 0.818. The van der Waals surface area contributed by atoms with Crippen LogP contribution < -0.4 is 5.69 Å². The van der Waals surface area contributed by atoms with Crippen LogP contribution in [0.3, 0.4) is 0 Å². The first-order valence-electron chi connectivity index (χ1n) is 5.24. The van der Waals surface area contributed by atoms with Gasteiger partial charge in [-0.2, -0.15) is 4.98 Å². The van der Waals surface area contributed by atoms with E-state index in [9.17, 15) is 9.18 Å². The number of rotatable bonds is 2. The van der Waals surface area contributed by atoms with Crippen LogP contribution in [0, 0.1) is 11.7 Å². The smallest absolute Gasteiger partial charge is 0.309 e. The third kappa shape index (κ3) is 2.10. The van der Waals surface area contributed by atoms with Crippen LogP contribution in [-0.2, 0) is 6.42 Å². The molecule has 0 amide bonds. The van der Waals surface area contributed by atoms with E-state index in [1.807, 2.05) is 0 Å². The lowest BCUT2D eigenvalue weighted by Crippen LogP contribution is -2.14. The number of hydrogen-bond donors (Lipinski definition) is 1. The molecule has 0 radical (unpaired) electrons. The highest BCUT2D eigenvalue weighted by molar-refractivity contribution is 5.80. The van der Waals surface area contributed by atoms with Gasteiger partial charge in [0.15, 0.2) is 0 Å². The second-order valence-corrected chi connectivity index (χ2v) is 4.28. The lowest BCUT2D eigenvalue weighted by molar-refractivity contribution is 0.627. The standard InChI is InChI=1S/C12H13FN2O/c1-7(2)5-10-9-4-3-8(13)6-11(9)15-12(16)14-10/h3-4,6-7H,5H2,1-2H3,(H,14,15,16). The van der Waals surface area contributed by atoms with Gasteiger partial charge in [-0.1, -0.05) is 13.8 Å². The minimum atomic E-state index is -0.422. The minimum Gasteiger partial charge on any atom is -0.309 e. The van der Waals surface area contributed by atoms with Crippen LogP contribution in [0.15, 0.2) is 23.0 Å². The van der Waals surface area contributed by atoms with Crippen LogP contribution in [0.2, 0.25) is 0 Å². The van der Waals surface area contributed by atoms with Gasteiger partial charge >= 0.3 is 5.69 Å². The summed E-state index contributed by atoms with van der Waals surface area (Å²) in [6.45, 7) is 4.13. The molecule has 0 aliphatic carbocycles. The van der Waals surface area contributed by atoms with Crippen molar-refractivity contribution in [2.75, 3.05) is 0 Å². The summed E-state index contributed by atoms with van der Waals surface area (Å²) >= 11 is 0. The molecule has 0 aliphatic rings. The molecule has 0 saturated heterocycles. The third-order valence-corrected chi connectivity index (χ3v) is 2.38. The average Bonchev–Trinajstić information content (AvgIpc) is 2.15. The van der Waals surface area contributed by atoms with Crippen molar-refractivity contribution in [3.8, 4) is 0 Å². The van der Waals surface area contributed by atoms with Gasteiger partial charge in [0.2, 0.25) is 0 Å². The SMILES string of the molecule is CC(C)Cc1[nH]c(=O)nc2cc(F)ccc12. The summed E-state index contributed by atoms with van der Waals surface area (Å²) < 4.78 is 13.0. The van der Waals surface area contributed by atoms with E-state index in [1.165, 1.54) is 12.1 Å². The fourth-order valence-corrected chi connectivity index (χ4v) is 1.76. The molecule has 3 nitrogen and oxygen atoms in total. The van der Waals surface area contributed by atoms with E-state index in [0.717, 1.165) is 17.5 Å². The van der Waals surface area contributed by atoms with Gasteiger partial charge in [0.05, 0.1) is 5.52 Å². The first kappa shape index (κ1) is 10.8. The molecule has 1 N–H and O–H groups in total. The molecule has 0 unspecified atom stereocenters. The molecule has 1 aromatic carbocycles. The number of benzene rings is 1. The van der Waals surface area contributed by atoms with E-state index in [4.69, 9.17) is 0 Å². The van der Waals surface area contributed by atoms with E-state index in [0.29, 0.717) is 11.4 Å². The summed E-state index contributed by atoms with van der Waals surface area (Å²) in [6, 6.07) is 4.33. The second-order valence-electron chi connectivity index (χ2n) is 4.28. The molecule has 0 aliphatic heterocycles. The Morgan fingerprint density at radius 2 is 2.19 bits per heavy atom. The lowest BCUT2D eigenvalue weighted by atomic mass is 10.0. The molecule has 0 saturated carbocycles. The normalized spacial score (nSPS) is 11.2. The third-order valence-electron chi connectivity index (χ3n) is 2.38. The Hall–Kier alpha value is -1.71. The van der Waals surface area contributed by atoms with Gasteiger partial charge in [-0.3, -0.25) is 0 Å². The van der Waals surface area contributed by atoms with Crippen molar-refractivity contribution >= 4 is 10.9 Å². The zero-order valence-corrected chi connectivity index (χ0v) is 9.25. The Balaban J connectivity index is 2.68. The largest absolute Gasteiger partial charge is 0.345 e. The predicted molar refractivity (Wildman–Crippen MR) is 60.9 cm³/mol. The molecule has 1 heterocycles. The first-order valence-corrected chi connectivity index (χ1v) is 5.24. The molecule has 16 heavy (non-hydrogen) atoms. The van der Waals surface area contributed by atoms with Gasteiger partial charge in [0.1, 0.15) is 5.82 Å². The van der Waals surface area contributed by atoms with E-state index < -0.39 is 5.69 Å². The Labute approximate surface area is 92.3 Å². The van der Waals surface area contributed by atoms with Crippen molar-refractivity contribution in [2.24, 2.45) is 5.92 Å². The molecular weight excluding hydrogens is 207 g/mol. The molecular formula is C12H13FN2O. The van der Waals surface area contributed by atoms with Gasteiger partial charge < -0.3 is 4.98 Å². The highest BCUT2D eigenvalue weighted by Gasteiger charge is 2.07. The van der Waals surface area contributed by atoms with Crippen LogP contribution in [-0.4, -0.2) is 9.97 Å². The summed E-state index contributed by atoms with van der Waals surface area (Å²) in [5, 5.41) is 0.815.